The fraction of sp³-hybridized carbons (Fsp3) is 0.887. The molecule has 0 spiro atoms. The Morgan fingerprint density at radius 3 is 1.52 bits per heavy atom. The highest BCUT2D eigenvalue weighted by Gasteiger charge is 2.56. The van der Waals surface area contributed by atoms with Crippen LogP contribution in [-0.2, 0) is 61.7 Å². The molecule has 13 N–H and O–H groups in total. The van der Waals surface area contributed by atoms with Gasteiger partial charge in [-0.2, -0.15) is 0 Å². The minimum absolute atomic E-state index is 0.0132. The molecule has 0 bridgehead atoms. The first kappa shape index (κ1) is 62.6. The standard InChI is InChI=1S/C53H84O26/c1-69-32-15-24(16-33(70-2)40(32)60)6-14-39(59)71-21-36-42(62)45(65)48(68)52(77-36)79-50-46(66)43(63)37(22-72-38(58)13-5-23-3-9-26(55)10-4-23)78-53(50)75-34-19-29-30(73-49(34)25-7-11-27(56)12-8-25)17-28(57)18-31(29)74-51-47(67)44(64)41(61)35(20-54)76-51/h5-6,13-14,23-37,40-57,60-68H,3-4,7-12,15-22H2,1-2H3. The number of methoxy groups -OCH3 is 2. The first-order valence-electron chi connectivity index (χ1n) is 27.9. The van der Waals surface area contributed by atoms with Crippen molar-refractivity contribution in [1.82, 2.24) is 0 Å². The largest absolute Gasteiger partial charge is 0.460 e. The third kappa shape index (κ3) is 15.3. The van der Waals surface area contributed by atoms with Crippen LogP contribution in [0, 0.1) is 23.7 Å². The van der Waals surface area contributed by atoms with Crippen LogP contribution in [-0.4, -0.2) is 266 Å². The molecule has 0 aromatic rings. The highest BCUT2D eigenvalue weighted by Crippen LogP contribution is 2.45. The summed E-state index contributed by atoms with van der Waals surface area (Å²) in [6.45, 7) is -2.00. The van der Waals surface area contributed by atoms with Gasteiger partial charge in [0.05, 0.1) is 61.5 Å². The predicted molar refractivity (Wildman–Crippen MR) is 264 cm³/mol. The quantitative estimate of drug-likeness (QED) is 0.0463. The van der Waals surface area contributed by atoms with Gasteiger partial charge in [-0.05, 0) is 94.8 Å². The zero-order valence-electron chi connectivity index (χ0n) is 44.5. The molecule has 4 saturated carbocycles. The van der Waals surface area contributed by atoms with E-state index in [-0.39, 0.29) is 37.0 Å². The van der Waals surface area contributed by atoms with Gasteiger partial charge in [0, 0.05) is 38.7 Å². The summed E-state index contributed by atoms with van der Waals surface area (Å²) in [6.07, 6.45) is -22.8. The zero-order chi connectivity index (χ0) is 56.8. The van der Waals surface area contributed by atoms with Gasteiger partial charge in [-0.3, -0.25) is 0 Å². The van der Waals surface area contributed by atoms with Crippen LogP contribution in [0.2, 0.25) is 0 Å². The molecule has 26 heteroatoms. The summed E-state index contributed by atoms with van der Waals surface area (Å²) in [4.78, 5) is 26.1. The average molecular weight is 1140 g/mol. The Morgan fingerprint density at radius 2 is 0.949 bits per heavy atom. The van der Waals surface area contributed by atoms with E-state index in [0.717, 1.165) is 6.08 Å². The summed E-state index contributed by atoms with van der Waals surface area (Å²) < 4.78 is 65.8. The molecule has 4 saturated heterocycles. The van der Waals surface area contributed by atoms with Crippen LogP contribution < -0.4 is 0 Å². The molecule has 8 rings (SSSR count). The molecular formula is C53H84O26. The second-order valence-corrected chi connectivity index (χ2v) is 22.7. The summed E-state index contributed by atoms with van der Waals surface area (Å²) in [5, 5.41) is 141. The van der Waals surface area contributed by atoms with Gasteiger partial charge in [0.15, 0.2) is 18.9 Å². The van der Waals surface area contributed by atoms with Crippen molar-refractivity contribution in [2.24, 2.45) is 23.7 Å². The fourth-order valence-electron chi connectivity index (χ4n) is 12.6. The SMILES string of the molecule is COC1CC(C=CC(=O)OCC2OC(OC3C(OC4CC5C(OC6OC(CO)C(O)C(O)C6O)CC(O)CC5OC4C4CCC(O)CC4)OC(COC(=O)C=CC4CCC(O)CC4)C(O)C3O)C(O)C(O)C2O)CC(OC)C1O. The molecule has 452 valence electrons. The minimum atomic E-state index is -2.02. The predicted octanol–water partition coefficient (Wildman–Crippen LogP) is -3.77. The van der Waals surface area contributed by atoms with E-state index in [1.54, 1.807) is 12.2 Å². The molecule has 23 unspecified atom stereocenters. The van der Waals surface area contributed by atoms with Gasteiger partial charge in [0.1, 0.15) is 92.6 Å². The lowest BCUT2D eigenvalue weighted by Gasteiger charge is -2.52. The lowest BCUT2D eigenvalue weighted by atomic mass is 9.73. The van der Waals surface area contributed by atoms with Crippen molar-refractivity contribution >= 4 is 11.9 Å². The molecule has 0 radical (unpaired) electrons. The van der Waals surface area contributed by atoms with Crippen molar-refractivity contribution in [2.45, 2.75) is 237 Å². The Bertz CT molecular complexity index is 1950. The summed E-state index contributed by atoms with van der Waals surface area (Å²) in [6, 6.07) is 0. The number of rotatable bonds is 18. The van der Waals surface area contributed by atoms with Crippen LogP contribution in [0.3, 0.4) is 0 Å². The number of aliphatic hydroxyl groups is 13. The number of fused-ring (bicyclic) bond motifs is 1. The Kier molecular flexibility index (Phi) is 22.5. The molecule has 23 atom stereocenters. The molecule has 0 aromatic carbocycles. The maximum Gasteiger partial charge on any atom is 0.330 e. The lowest BCUT2D eigenvalue weighted by Crippen LogP contribution is -2.66. The molecule has 0 aromatic heterocycles. The number of esters is 2. The van der Waals surface area contributed by atoms with Crippen LogP contribution in [0.4, 0.5) is 0 Å². The van der Waals surface area contributed by atoms with E-state index in [1.165, 1.54) is 20.3 Å². The van der Waals surface area contributed by atoms with Gasteiger partial charge in [-0.1, -0.05) is 12.2 Å². The topological polar surface area (TPSA) is 399 Å². The van der Waals surface area contributed by atoms with Crippen molar-refractivity contribution in [1.29, 1.82) is 0 Å². The molecule has 4 heterocycles. The number of carbonyl (C=O) groups excluding carboxylic acids is 2. The normalized spacial score (nSPS) is 48.1. The Balaban J connectivity index is 1.02. The fourth-order valence-corrected chi connectivity index (χ4v) is 12.6. The van der Waals surface area contributed by atoms with Crippen molar-refractivity contribution in [2.75, 3.05) is 34.0 Å². The van der Waals surface area contributed by atoms with Gasteiger partial charge in [0.2, 0.25) is 0 Å². The summed E-state index contributed by atoms with van der Waals surface area (Å²) >= 11 is 0. The van der Waals surface area contributed by atoms with E-state index in [4.69, 9.17) is 52.1 Å². The van der Waals surface area contributed by atoms with Crippen molar-refractivity contribution in [3.63, 3.8) is 0 Å². The Hall–Kier alpha value is -2.46. The van der Waals surface area contributed by atoms with E-state index in [1.807, 2.05) is 0 Å². The van der Waals surface area contributed by atoms with Crippen LogP contribution in [0.15, 0.2) is 24.3 Å². The van der Waals surface area contributed by atoms with Gasteiger partial charge < -0.3 is 118 Å². The van der Waals surface area contributed by atoms with Gasteiger partial charge in [-0.25, -0.2) is 9.59 Å². The molecular weight excluding hydrogens is 1050 g/mol. The van der Waals surface area contributed by atoms with Gasteiger partial charge >= 0.3 is 11.9 Å². The molecule has 26 nitrogen and oxygen atoms in total. The van der Waals surface area contributed by atoms with Crippen molar-refractivity contribution in [3.05, 3.63) is 24.3 Å². The zero-order valence-corrected chi connectivity index (χ0v) is 44.5. The van der Waals surface area contributed by atoms with Crippen molar-refractivity contribution in [3.8, 4) is 0 Å². The maximum atomic E-state index is 13.1. The summed E-state index contributed by atoms with van der Waals surface area (Å²) in [5.41, 5.74) is 0. The number of ether oxygens (including phenoxy) is 11. The lowest BCUT2D eigenvalue weighted by molar-refractivity contribution is -0.380. The number of allylic oxidation sites excluding steroid dienone is 2. The second kappa shape index (κ2) is 28.4. The Labute approximate surface area is 457 Å². The maximum absolute atomic E-state index is 13.1. The van der Waals surface area contributed by atoms with E-state index >= 15 is 0 Å². The third-order valence-electron chi connectivity index (χ3n) is 17.4. The van der Waals surface area contributed by atoms with E-state index in [9.17, 15) is 76.0 Å². The number of aliphatic hydroxyl groups excluding tert-OH is 13. The molecule has 0 amide bonds. The van der Waals surface area contributed by atoms with E-state index < -0.39 is 191 Å². The Morgan fingerprint density at radius 1 is 0.456 bits per heavy atom. The third-order valence-corrected chi connectivity index (χ3v) is 17.4. The minimum Gasteiger partial charge on any atom is -0.460 e. The number of hydrogen-bond donors (Lipinski definition) is 13. The van der Waals surface area contributed by atoms with Crippen LogP contribution in [0.1, 0.15) is 83.5 Å². The van der Waals surface area contributed by atoms with Crippen LogP contribution >= 0.6 is 0 Å². The molecule has 4 aliphatic carbocycles. The second-order valence-electron chi connectivity index (χ2n) is 22.7. The van der Waals surface area contributed by atoms with E-state index in [0.29, 0.717) is 64.2 Å². The number of carbonyl (C=O) groups is 2. The monoisotopic (exact) mass is 1140 g/mol. The average Bonchev–Trinajstić information content (AvgIpc) is 3.61. The molecule has 79 heavy (non-hydrogen) atoms. The van der Waals surface area contributed by atoms with Crippen LogP contribution in [0.5, 0.6) is 0 Å². The first-order valence-corrected chi connectivity index (χ1v) is 27.9. The highest BCUT2D eigenvalue weighted by atomic mass is 16.8. The van der Waals surface area contributed by atoms with Gasteiger partial charge in [0.25, 0.3) is 0 Å². The highest BCUT2D eigenvalue weighted by molar-refractivity contribution is 5.82. The first-order chi connectivity index (χ1) is 37.8. The van der Waals surface area contributed by atoms with Crippen molar-refractivity contribution < 1.29 is 128 Å². The molecule has 4 aliphatic heterocycles. The van der Waals surface area contributed by atoms with Crippen LogP contribution in [0.25, 0.3) is 0 Å². The van der Waals surface area contributed by atoms with E-state index in [2.05, 4.69) is 0 Å². The summed E-state index contributed by atoms with van der Waals surface area (Å²) in [5.74, 6) is -2.78. The van der Waals surface area contributed by atoms with Gasteiger partial charge in [-0.15, -0.1) is 0 Å². The molecule has 8 fully saturated rings. The smallest absolute Gasteiger partial charge is 0.330 e. The summed E-state index contributed by atoms with van der Waals surface area (Å²) in [7, 11) is 2.91. The molecule has 8 aliphatic rings. The number of hydrogen-bond acceptors (Lipinski definition) is 26.